The second kappa shape index (κ2) is 3.58. The molecule has 2 nitrogen and oxygen atoms in total. The minimum absolute atomic E-state index is 0.853. The molecule has 1 aromatic rings. The van der Waals surface area contributed by atoms with Gasteiger partial charge in [0, 0.05) is 11.0 Å². The van der Waals surface area contributed by atoms with Crippen molar-refractivity contribution >= 4 is 27.3 Å². The third-order valence-electron chi connectivity index (χ3n) is 2.39. The zero-order valence-electron chi connectivity index (χ0n) is 7.44. The van der Waals surface area contributed by atoms with Crippen molar-refractivity contribution < 1.29 is 0 Å². The highest BCUT2D eigenvalue weighted by molar-refractivity contribution is 9.10. The van der Waals surface area contributed by atoms with E-state index in [9.17, 15) is 0 Å². The molecule has 70 valence electrons. The van der Waals surface area contributed by atoms with Crippen LogP contribution in [-0.4, -0.2) is 6.54 Å². The van der Waals surface area contributed by atoms with Gasteiger partial charge in [-0.3, -0.25) is 0 Å². The number of hydrogen-bond donors (Lipinski definition) is 2. The summed E-state index contributed by atoms with van der Waals surface area (Å²) in [4.78, 5) is 0. The summed E-state index contributed by atoms with van der Waals surface area (Å²) < 4.78 is 1.08. The lowest BCUT2D eigenvalue weighted by Gasteiger charge is -2.11. The fourth-order valence-corrected chi connectivity index (χ4v) is 2.28. The van der Waals surface area contributed by atoms with Crippen LogP contribution in [0.15, 0.2) is 16.6 Å². The van der Waals surface area contributed by atoms with Gasteiger partial charge in [0.25, 0.3) is 0 Å². The summed E-state index contributed by atoms with van der Waals surface area (Å²) >= 11 is 3.46. The third-order valence-corrected chi connectivity index (χ3v) is 2.85. The molecule has 0 bridgehead atoms. The first-order valence-electron chi connectivity index (χ1n) is 4.59. The van der Waals surface area contributed by atoms with E-state index in [0.717, 1.165) is 28.8 Å². The number of fused-ring (bicyclic) bond motifs is 1. The third kappa shape index (κ3) is 1.80. The first-order valence-corrected chi connectivity index (χ1v) is 5.38. The van der Waals surface area contributed by atoms with Crippen molar-refractivity contribution in [3.05, 3.63) is 22.2 Å². The molecule has 0 aromatic heterocycles. The van der Waals surface area contributed by atoms with Crippen molar-refractivity contribution in [1.82, 2.24) is 0 Å². The van der Waals surface area contributed by atoms with Crippen LogP contribution in [0, 0.1) is 0 Å². The van der Waals surface area contributed by atoms with Crippen molar-refractivity contribution in [2.75, 3.05) is 17.6 Å². The topological polar surface area (TPSA) is 38.0 Å². The van der Waals surface area contributed by atoms with Gasteiger partial charge in [-0.2, -0.15) is 0 Å². The van der Waals surface area contributed by atoms with Crippen LogP contribution in [0.1, 0.15) is 18.4 Å². The van der Waals surface area contributed by atoms with Crippen molar-refractivity contribution in [2.45, 2.75) is 19.3 Å². The molecule has 0 unspecified atom stereocenters. The van der Waals surface area contributed by atoms with Crippen LogP contribution in [0.4, 0.5) is 11.4 Å². The normalized spacial score (nSPS) is 15.8. The van der Waals surface area contributed by atoms with Crippen LogP contribution in [-0.2, 0) is 6.42 Å². The lowest BCUT2D eigenvalue weighted by molar-refractivity contribution is 0.785. The largest absolute Gasteiger partial charge is 0.397 e. The van der Waals surface area contributed by atoms with Gasteiger partial charge in [0.05, 0.1) is 11.4 Å². The van der Waals surface area contributed by atoms with Crippen LogP contribution < -0.4 is 11.1 Å². The van der Waals surface area contributed by atoms with Crippen LogP contribution in [0.2, 0.25) is 0 Å². The van der Waals surface area contributed by atoms with Crippen LogP contribution >= 0.6 is 15.9 Å². The summed E-state index contributed by atoms with van der Waals surface area (Å²) in [5.74, 6) is 0. The summed E-state index contributed by atoms with van der Waals surface area (Å²) in [5.41, 5.74) is 9.25. The Bertz CT molecular complexity index is 323. The van der Waals surface area contributed by atoms with E-state index in [1.165, 1.54) is 18.4 Å². The van der Waals surface area contributed by atoms with Gasteiger partial charge in [-0.1, -0.05) is 15.9 Å². The lowest BCUT2D eigenvalue weighted by atomic mass is 10.1. The number of hydrogen-bond acceptors (Lipinski definition) is 2. The van der Waals surface area contributed by atoms with Gasteiger partial charge in [0.2, 0.25) is 0 Å². The van der Waals surface area contributed by atoms with Crippen molar-refractivity contribution in [3.8, 4) is 0 Å². The van der Waals surface area contributed by atoms with Gasteiger partial charge < -0.3 is 11.1 Å². The Kier molecular flexibility index (Phi) is 2.44. The number of benzene rings is 1. The maximum absolute atomic E-state index is 5.92. The molecule has 1 heterocycles. The van der Waals surface area contributed by atoms with Crippen molar-refractivity contribution in [1.29, 1.82) is 0 Å². The quantitative estimate of drug-likeness (QED) is 0.685. The second-order valence-electron chi connectivity index (χ2n) is 3.41. The molecule has 0 saturated carbocycles. The Balaban J connectivity index is 2.47. The Labute approximate surface area is 86.6 Å². The predicted molar refractivity (Wildman–Crippen MR) is 60.0 cm³/mol. The van der Waals surface area contributed by atoms with Crippen LogP contribution in [0.3, 0.4) is 0 Å². The summed E-state index contributed by atoms with van der Waals surface area (Å²) in [6.07, 6.45) is 3.60. The molecule has 0 saturated heterocycles. The molecule has 0 aliphatic carbocycles. The Morgan fingerprint density at radius 2 is 2.15 bits per heavy atom. The first-order chi connectivity index (χ1) is 6.27. The van der Waals surface area contributed by atoms with E-state index >= 15 is 0 Å². The Hall–Kier alpha value is -0.700. The summed E-state index contributed by atoms with van der Waals surface area (Å²) in [6.45, 7) is 1.04. The van der Waals surface area contributed by atoms with E-state index in [-0.39, 0.29) is 0 Å². The number of rotatable bonds is 0. The fraction of sp³-hybridized carbons (Fsp3) is 0.400. The van der Waals surface area contributed by atoms with Crippen molar-refractivity contribution in [3.63, 3.8) is 0 Å². The van der Waals surface area contributed by atoms with E-state index in [4.69, 9.17) is 5.73 Å². The number of nitrogen functional groups attached to an aromatic ring is 1. The van der Waals surface area contributed by atoms with Gasteiger partial charge in [-0.25, -0.2) is 0 Å². The highest BCUT2D eigenvalue weighted by atomic mass is 79.9. The number of halogens is 1. The van der Waals surface area contributed by atoms with Gasteiger partial charge in [-0.15, -0.1) is 0 Å². The smallest absolute Gasteiger partial charge is 0.0607 e. The predicted octanol–water partition coefficient (Wildman–Crippen LogP) is 2.78. The molecule has 0 atom stereocenters. The van der Waals surface area contributed by atoms with Gasteiger partial charge in [0.1, 0.15) is 0 Å². The highest BCUT2D eigenvalue weighted by Gasteiger charge is 2.10. The summed E-state index contributed by atoms with van der Waals surface area (Å²) in [7, 11) is 0. The average molecular weight is 241 g/mol. The molecule has 0 amide bonds. The van der Waals surface area contributed by atoms with Crippen molar-refractivity contribution in [2.24, 2.45) is 0 Å². The highest BCUT2D eigenvalue weighted by Crippen LogP contribution is 2.31. The zero-order valence-corrected chi connectivity index (χ0v) is 9.02. The molecule has 13 heavy (non-hydrogen) atoms. The molecular weight excluding hydrogens is 228 g/mol. The molecule has 3 heteroatoms. The van der Waals surface area contributed by atoms with E-state index in [2.05, 4.69) is 27.3 Å². The molecule has 0 radical (unpaired) electrons. The standard InChI is InChI=1S/C10H13BrN2/c11-8-5-7-3-1-2-4-13-10(7)9(12)6-8/h5-6,13H,1-4,12H2. The maximum Gasteiger partial charge on any atom is 0.0607 e. The first kappa shape index (κ1) is 8.88. The molecule has 3 N–H and O–H groups in total. The van der Waals surface area contributed by atoms with E-state index < -0.39 is 0 Å². The second-order valence-corrected chi connectivity index (χ2v) is 4.33. The monoisotopic (exact) mass is 240 g/mol. The number of anilines is 2. The summed E-state index contributed by atoms with van der Waals surface area (Å²) in [6, 6.07) is 4.11. The molecule has 0 spiro atoms. The van der Waals surface area contributed by atoms with E-state index in [1.54, 1.807) is 0 Å². The van der Waals surface area contributed by atoms with Gasteiger partial charge >= 0.3 is 0 Å². The number of aryl methyl sites for hydroxylation is 1. The Morgan fingerprint density at radius 3 is 3.00 bits per heavy atom. The average Bonchev–Trinajstić information content (AvgIpc) is 2.28. The zero-order chi connectivity index (χ0) is 9.26. The molecule has 1 aliphatic heterocycles. The SMILES string of the molecule is Nc1cc(Br)cc2c1NCCCC2. The van der Waals surface area contributed by atoms with Crippen LogP contribution in [0.5, 0.6) is 0 Å². The number of nitrogens with one attached hydrogen (secondary N) is 1. The molecule has 0 fully saturated rings. The van der Waals surface area contributed by atoms with E-state index in [1.807, 2.05) is 6.07 Å². The van der Waals surface area contributed by atoms with Crippen LogP contribution in [0.25, 0.3) is 0 Å². The Morgan fingerprint density at radius 1 is 1.31 bits per heavy atom. The maximum atomic E-state index is 5.92. The molecule has 1 aliphatic rings. The van der Waals surface area contributed by atoms with E-state index in [0.29, 0.717) is 0 Å². The fourth-order valence-electron chi connectivity index (χ4n) is 1.75. The molecular formula is C10H13BrN2. The molecule has 1 aromatic carbocycles. The lowest BCUT2D eigenvalue weighted by Crippen LogP contribution is -2.03. The molecule has 2 rings (SSSR count). The van der Waals surface area contributed by atoms with Gasteiger partial charge in [-0.05, 0) is 37.0 Å². The summed E-state index contributed by atoms with van der Waals surface area (Å²) in [5, 5.41) is 3.37. The minimum Gasteiger partial charge on any atom is -0.397 e. The minimum atomic E-state index is 0.853. The number of nitrogens with two attached hydrogens (primary N) is 1. The van der Waals surface area contributed by atoms with Gasteiger partial charge in [0.15, 0.2) is 0 Å².